The highest BCUT2D eigenvalue weighted by molar-refractivity contribution is 7.89. The number of hydrogen-bond acceptors (Lipinski definition) is 4. The maximum atomic E-state index is 12.6. The van der Waals surface area contributed by atoms with Crippen molar-refractivity contribution in [2.75, 3.05) is 25.6 Å². The van der Waals surface area contributed by atoms with Gasteiger partial charge >= 0.3 is 0 Å². The third-order valence-corrected chi connectivity index (χ3v) is 5.59. The van der Waals surface area contributed by atoms with Crippen LogP contribution in [0.15, 0.2) is 41.3 Å². The van der Waals surface area contributed by atoms with Gasteiger partial charge in [0.1, 0.15) is 0 Å². The second kappa shape index (κ2) is 8.44. The number of nitrogens with one attached hydrogen (secondary N) is 2. The Labute approximate surface area is 154 Å². The molecule has 0 saturated heterocycles. The molecule has 26 heavy (non-hydrogen) atoms. The molecule has 0 aromatic heterocycles. The first-order valence-corrected chi connectivity index (χ1v) is 9.71. The fourth-order valence-corrected chi connectivity index (χ4v) is 3.43. The zero-order valence-corrected chi connectivity index (χ0v) is 16.2. The van der Waals surface area contributed by atoms with E-state index in [0.717, 1.165) is 11.1 Å². The average molecular weight is 376 g/mol. The third-order valence-electron chi connectivity index (χ3n) is 4.13. The summed E-state index contributed by atoms with van der Waals surface area (Å²) < 4.78 is 32.0. The Bertz CT molecular complexity index is 908. The van der Waals surface area contributed by atoms with E-state index >= 15 is 0 Å². The molecule has 2 rings (SSSR count). The van der Waals surface area contributed by atoms with Crippen molar-refractivity contribution in [1.82, 2.24) is 4.72 Å². The molecule has 6 nitrogen and oxygen atoms in total. The highest BCUT2D eigenvalue weighted by Gasteiger charge is 2.18. The largest absolute Gasteiger partial charge is 0.383 e. The highest BCUT2D eigenvalue weighted by atomic mass is 32.2. The first-order chi connectivity index (χ1) is 12.2. The second-order valence-electron chi connectivity index (χ2n) is 6.12. The van der Waals surface area contributed by atoms with Crippen molar-refractivity contribution in [1.29, 1.82) is 0 Å². The molecule has 0 saturated carbocycles. The van der Waals surface area contributed by atoms with Gasteiger partial charge in [0.2, 0.25) is 10.0 Å². The van der Waals surface area contributed by atoms with Crippen LogP contribution < -0.4 is 10.0 Å². The Balaban J connectivity index is 2.25. The number of hydrogen-bond donors (Lipinski definition) is 2. The topological polar surface area (TPSA) is 84.5 Å². The monoisotopic (exact) mass is 376 g/mol. The van der Waals surface area contributed by atoms with Crippen LogP contribution in [0.4, 0.5) is 5.69 Å². The van der Waals surface area contributed by atoms with Crippen LogP contribution in [0.5, 0.6) is 0 Å². The van der Waals surface area contributed by atoms with Gasteiger partial charge in [-0.05, 0) is 61.7 Å². The minimum Gasteiger partial charge on any atom is -0.383 e. The molecular weight excluding hydrogens is 352 g/mol. The fourth-order valence-electron chi connectivity index (χ4n) is 2.39. The lowest BCUT2D eigenvalue weighted by molar-refractivity contribution is 0.102. The van der Waals surface area contributed by atoms with Crippen LogP contribution in [-0.4, -0.2) is 34.6 Å². The number of rotatable bonds is 7. The van der Waals surface area contributed by atoms with Crippen molar-refractivity contribution in [2.45, 2.75) is 25.7 Å². The van der Waals surface area contributed by atoms with Crippen LogP contribution >= 0.6 is 0 Å². The van der Waals surface area contributed by atoms with Crippen molar-refractivity contribution in [3.8, 4) is 0 Å². The molecule has 0 aliphatic heterocycles. The Morgan fingerprint density at radius 2 is 1.69 bits per heavy atom. The van der Waals surface area contributed by atoms with E-state index in [1.54, 1.807) is 13.0 Å². The first-order valence-electron chi connectivity index (χ1n) is 8.22. The van der Waals surface area contributed by atoms with Gasteiger partial charge in [-0.2, -0.15) is 0 Å². The van der Waals surface area contributed by atoms with Gasteiger partial charge in [-0.1, -0.05) is 12.1 Å². The SMILES string of the molecule is COCCNS(=O)(=O)c1ccc(C)c(C(=O)Nc2ccc(C)c(C)c2)c1. The molecule has 0 fully saturated rings. The standard InChI is InChI=1S/C19H24N2O4S/c1-13-5-7-16(11-15(13)3)21-19(22)18-12-17(8-6-14(18)2)26(23,24)20-9-10-25-4/h5-8,11-12,20H,9-10H2,1-4H3,(H,21,22). The molecule has 0 spiro atoms. The number of carbonyl (C=O) groups excluding carboxylic acids is 1. The van der Waals surface area contributed by atoms with Crippen LogP contribution in [-0.2, 0) is 14.8 Å². The molecule has 0 aliphatic rings. The summed E-state index contributed by atoms with van der Waals surface area (Å²) in [5.41, 5.74) is 3.89. The Morgan fingerprint density at radius 3 is 2.35 bits per heavy atom. The first kappa shape index (κ1) is 20.1. The number of ether oxygens (including phenoxy) is 1. The summed E-state index contributed by atoms with van der Waals surface area (Å²) >= 11 is 0. The van der Waals surface area contributed by atoms with Crippen LogP contribution in [0, 0.1) is 20.8 Å². The minimum atomic E-state index is -3.70. The van der Waals surface area contributed by atoms with Crippen molar-refractivity contribution >= 4 is 21.6 Å². The summed E-state index contributed by atoms with van der Waals surface area (Å²) in [6.07, 6.45) is 0. The van der Waals surface area contributed by atoms with Gasteiger partial charge in [-0.3, -0.25) is 4.79 Å². The van der Waals surface area contributed by atoms with Crippen LogP contribution in [0.1, 0.15) is 27.0 Å². The van der Waals surface area contributed by atoms with Crippen molar-refractivity contribution in [3.63, 3.8) is 0 Å². The second-order valence-corrected chi connectivity index (χ2v) is 7.89. The summed E-state index contributed by atoms with van der Waals surface area (Å²) in [5, 5.41) is 2.82. The molecule has 1 amide bonds. The predicted molar refractivity (Wildman–Crippen MR) is 102 cm³/mol. The Hall–Kier alpha value is -2.22. The van der Waals surface area contributed by atoms with E-state index in [2.05, 4.69) is 10.0 Å². The van der Waals surface area contributed by atoms with E-state index in [1.807, 2.05) is 32.0 Å². The number of aryl methyl sites for hydroxylation is 3. The minimum absolute atomic E-state index is 0.0458. The zero-order valence-electron chi connectivity index (χ0n) is 15.4. The highest BCUT2D eigenvalue weighted by Crippen LogP contribution is 2.19. The molecule has 2 aromatic rings. The van der Waals surface area contributed by atoms with Crippen molar-refractivity contribution in [2.24, 2.45) is 0 Å². The molecule has 140 valence electrons. The maximum absolute atomic E-state index is 12.6. The summed E-state index contributed by atoms with van der Waals surface area (Å²) in [5.74, 6) is -0.348. The fraction of sp³-hybridized carbons (Fsp3) is 0.316. The lowest BCUT2D eigenvalue weighted by atomic mass is 10.1. The van der Waals surface area contributed by atoms with E-state index in [-0.39, 0.29) is 24.0 Å². The van der Waals surface area contributed by atoms with Crippen molar-refractivity contribution in [3.05, 3.63) is 58.7 Å². The Morgan fingerprint density at radius 1 is 1.00 bits per heavy atom. The van der Waals surface area contributed by atoms with Crippen LogP contribution in [0.3, 0.4) is 0 Å². The van der Waals surface area contributed by atoms with Gasteiger partial charge < -0.3 is 10.1 Å². The zero-order chi connectivity index (χ0) is 19.3. The number of sulfonamides is 1. The number of carbonyl (C=O) groups is 1. The van der Waals surface area contributed by atoms with Gasteiger partial charge in [-0.25, -0.2) is 13.1 Å². The molecule has 0 aliphatic carbocycles. The van der Waals surface area contributed by atoms with Crippen molar-refractivity contribution < 1.29 is 17.9 Å². The summed E-state index contributed by atoms with van der Waals surface area (Å²) in [6, 6.07) is 10.1. The lowest BCUT2D eigenvalue weighted by Crippen LogP contribution is -2.27. The summed E-state index contributed by atoms with van der Waals surface area (Å²) in [6.45, 7) is 6.16. The van der Waals surface area contributed by atoms with Gasteiger partial charge in [0.25, 0.3) is 5.91 Å². The van der Waals surface area contributed by atoms with E-state index in [0.29, 0.717) is 16.8 Å². The van der Waals surface area contributed by atoms with E-state index in [1.165, 1.54) is 19.2 Å². The normalized spacial score (nSPS) is 11.4. The lowest BCUT2D eigenvalue weighted by Gasteiger charge is -2.12. The van der Waals surface area contributed by atoms with Gasteiger partial charge in [0, 0.05) is 24.9 Å². The Kier molecular flexibility index (Phi) is 6.52. The average Bonchev–Trinajstić information content (AvgIpc) is 2.58. The molecule has 0 atom stereocenters. The van der Waals surface area contributed by atoms with Gasteiger partial charge in [-0.15, -0.1) is 0 Å². The number of amides is 1. The number of anilines is 1. The molecule has 0 radical (unpaired) electrons. The molecule has 0 heterocycles. The molecule has 2 N–H and O–H groups in total. The molecule has 7 heteroatoms. The molecule has 2 aromatic carbocycles. The van der Waals surface area contributed by atoms with Gasteiger partial charge in [0.15, 0.2) is 0 Å². The van der Waals surface area contributed by atoms with Crippen LogP contribution in [0.2, 0.25) is 0 Å². The smallest absolute Gasteiger partial charge is 0.255 e. The molecule has 0 bridgehead atoms. The number of methoxy groups -OCH3 is 1. The summed E-state index contributed by atoms with van der Waals surface area (Å²) in [4.78, 5) is 12.7. The van der Waals surface area contributed by atoms with Crippen LogP contribution in [0.25, 0.3) is 0 Å². The number of benzene rings is 2. The predicted octanol–water partition coefficient (Wildman–Crippen LogP) is 2.79. The third kappa shape index (κ3) is 4.91. The molecule has 0 unspecified atom stereocenters. The van der Waals surface area contributed by atoms with E-state index in [9.17, 15) is 13.2 Å². The quantitative estimate of drug-likeness (QED) is 0.728. The van der Waals surface area contributed by atoms with E-state index in [4.69, 9.17) is 4.74 Å². The maximum Gasteiger partial charge on any atom is 0.255 e. The summed E-state index contributed by atoms with van der Waals surface area (Å²) in [7, 11) is -2.21. The van der Waals surface area contributed by atoms with Gasteiger partial charge in [0.05, 0.1) is 11.5 Å². The molecular formula is C19H24N2O4S. The van der Waals surface area contributed by atoms with E-state index < -0.39 is 10.0 Å².